The van der Waals surface area contributed by atoms with Crippen molar-refractivity contribution in [3.05, 3.63) is 28.0 Å². The maximum atomic E-state index is 14.0. The highest BCUT2D eigenvalue weighted by Crippen LogP contribution is 2.32. The SMILES string of the molecule is CN(CC1CCC1)c1ccc(C#N)c(Br)c1F. The molecule has 1 saturated carbocycles. The molecule has 1 aromatic rings. The number of hydrogen-bond acceptors (Lipinski definition) is 2. The van der Waals surface area contributed by atoms with E-state index in [0.29, 0.717) is 17.2 Å². The van der Waals surface area contributed by atoms with Crippen LogP contribution in [0.3, 0.4) is 0 Å². The molecule has 17 heavy (non-hydrogen) atoms. The number of benzene rings is 1. The zero-order valence-electron chi connectivity index (χ0n) is 9.71. The van der Waals surface area contributed by atoms with Crippen LogP contribution in [0.5, 0.6) is 0 Å². The van der Waals surface area contributed by atoms with Crippen LogP contribution in [0.4, 0.5) is 10.1 Å². The fourth-order valence-corrected chi connectivity index (χ4v) is 2.51. The molecule has 0 radical (unpaired) electrons. The van der Waals surface area contributed by atoms with Gasteiger partial charge in [0, 0.05) is 13.6 Å². The predicted octanol–water partition coefficient (Wildman–Crippen LogP) is 3.70. The number of anilines is 1. The van der Waals surface area contributed by atoms with Gasteiger partial charge in [0.15, 0.2) is 5.82 Å². The lowest BCUT2D eigenvalue weighted by Gasteiger charge is -2.31. The van der Waals surface area contributed by atoms with Crippen LogP contribution in [0.2, 0.25) is 0 Å². The molecule has 0 amide bonds. The minimum atomic E-state index is -0.342. The number of hydrogen-bond donors (Lipinski definition) is 0. The summed E-state index contributed by atoms with van der Waals surface area (Å²) in [5, 5.41) is 8.80. The summed E-state index contributed by atoms with van der Waals surface area (Å²) in [5.74, 6) is 0.347. The first kappa shape index (κ1) is 12.4. The lowest BCUT2D eigenvalue weighted by Crippen LogP contribution is -2.29. The van der Waals surface area contributed by atoms with Crippen molar-refractivity contribution in [2.75, 3.05) is 18.5 Å². The molecule has 1 aromatic carbocycles. The number of nitrogens with zero attached hydrogens (tertiary/aromatic N) is 2. The molecule has 1 fully saturated rings. The molecule has 0 heterocycles. The highest BCUT2D eigenvalue weighted by atomic mass is 79.9. The van der Waals surface area contributed by atoms with Crippen LogP contribution in [0.1, 0.15) is 24.8 Å². The van der Waals surface area contributed by atoms with E-state index in [9.17, 15) is 4.39 Å². The Hall–Kier alpha value is -1.08. The van der Waals surface area contributed by atoms with E-state index in [2.05, 4.69) is 15.9 Å². The third kappa shape index (κ3) is 2.44. The van der Waals surface area contributed by atoms with Gasteiger partial charge in [-0.3, -0.25) is 0 Å². The normalized spacial score (nSPS) is 15.2. The molecule has 0 atom stereocenters. The number of nitriles is 1. The third-order valence-corrected chi connectivity index (χ3v) is 4.13. The molecule has 4 heteroatoms. The van der Waals surface area contributed by atoms with Gasteiger partial charge in [-0.25, -0.2) is 4.39 Å². The second-order valence-corrected chi connectivity index (χ2v) is 5.34. The van der Waals surface area contributed by atoms with Crippen molar-refractivity contribution in [2.45, 2.75) is 19.3 Å². The van der Waals surface area contributed by atoms with Gasteiger partial charge in [-0.05, 0) is 46.8 Å². The van der Waals surface area contributed by atoms with Gasteiger partial charge in [0.25, 0.3) is 0 Å². The highest BCUT2D eigenvalue weighted by Gasteiger charge is 2.21. The summed E-state index contributed by atoms with van der Waals surface area (Å²) in [7, 11) is 1.90. The molecule has 0 saturated heterocycles. The molecule has 0 aliphatic heterocycles. The van der Waals surface area contributed by atoms with Gasteiger partial charge >= 0.3 is 0 Å². The monoisotopic (exact) mass is 296 g/mol. The summed E-state index contributed by atoms with van der Waals surface area (Å²) in [6.07, 6.45) is 3.77. The van der Waals surface area contributed by atoms with E-state index in [1.807, 2.05) is 18.0 Å². The molecule has 0 bridgehead atoms. The maximum Gasteiger partial charge on any atom is 0.161 e. The van der Waals surface area contributed by atoms with Crippen LogP contribution >= 0.6 is 15.9 Å². The largest absolute Gasteiger partial charge is 0.372 e. The van der Waals surface area contributed by atoms with Crippen molar-refractivity contribution in [3.63, 3.8) is 0 Å². The molecule has 90 valence electrons. The zero-order chi connectivity index (χ0) is 12.4. The predicted molar refractivity (Wildman–Crippen MR) is 69.4 cm³/mol. The van der Waals surface area contributed by atoms with Crippen molar-refractivity contribution >= 4 is 21.6 Å². The van der Waals surface area contributed by atoms with Crippen molar-refractivity contribution in [2.24, 2.45) is 5.92 Å². The Kier molecular flexibility index (Phi) is 3.68. The van der Waals surface area contributed by atoms with Gasteiger partial charge in [-0.15, -0.1) is 0 Å². The Balaban J connectivity index is 2.20. The molecule has 2 rings (SSSR count). The molecule has 0 aromatic heterocycles. The second-order valence-electron chi connectivity index (χ2n) is 4.55. The summed E-state index contributed by atoms with van der Waals surface area (Å²) in [6, 6.07) is 5.29. The summed E-state index contributed by atoms with van der Waals surface area (Å²) < 4.78 is 14.3. The molecule has 1 aliphatic rings. The highest BCUT2D eigenvalue weighted by molar-refractivity contribution is 9.10. The zero-order valence-corrected chi connectivity index (χ0v) is 11.3. The molecule has 0 unspecified atom stereocenters. The van der Waals surface area contributed by atoms with Crippen molar-refractivity contribution in [1.29, 1.82) is 5.26 Å². The van der Waals surface area contributed by atoms with Gasteiger partial charge < -0.3 is 4.90 Å². The van der Waals surface area contributed by atoms with Crippen LogP contribution in [0.15, 0.2) is 16.6 Å². The van der Waals surface area contributed by atoms with Crippen LogP contribution in [0.25, 0.3) is 0 Å². The fraction of sp³-hybridized carbons (Fsp3) is 0.462. The molecular weight excluding hydrogens is 283 g/mol. The Morgan fingerprint density at radius 1 is 1.53 bits per heavy atom. The van der Waals surface area contributed by atoms with Crippen molar-refractivity contribution < 1.29 is 4.39 Å². The quantitative estimate of drug-likeness (QED) is 0.850. The van der Waals surface area contributed by atoms with Crippen LogP contribution < -0.4 is 4.90 Å². The van der Waals surface area contributed by atoms with Gasteiger partial charge in [0.1, 0.15) is 6.07 Å². The molecule has 0 spiro atoms. The van der Waals surface area contributed by atoms with Crippen LogP contribution in [0, 0.1) is 23.1 Å². The first-order valence-electron chi connectivity index (χ1n) is 5.72. The minimum absolute atomic E-state index is 0.262. The average Bonchev–Trinajstić information content (AvgIpc) is 2.27. The van der Waals surface area contributed by atoms with Crippen molar-refractivity contribution in [3.8, 4) is 6.07 Å². The standard InChI is InChI=1S/C13H14BrFN2/c1-17(8-9-3-2-4-9)11-6-5-10(7-16)12(14)13(11)15/h5-6,9H,2-4,8H2,1H3. The summed E-state index contributed by atoms with van der Waals surface area (Å²) in [5.41, 5.74) is 0.895. The van der Waals surface area contributed by atoms with Gasteiger partial charge in [-0.1, -0.05) is 6.42 Å². The molecule has 1 aliphatic carbocycles. The summed E-state index contributed by atoms with van der Waals surface area (Å²) >= 11 is 3.13. The number of halogens is 2. The van der Waals surface area contributed by atoms with E-state index < -0.39 is 0 Å². The topological polar surface area (TPSA) is 27.0 Å². The van der Waals surface area contributed by atoms with Crippen molar-refractivity contribution in [1.82, 2.24) is 0 Å². The summed E-state index contributed by atoms with van der Waals surface area (Å²) in [4.78, 5) is 1.94. The lowest BCUT2D eigenvalue weighted by atomic mass is 9.85. The third-order valence-electron chi connectivity index (χ3n) is 3.35. The van der Waals surface area contributed by atoms with E-state index in [1.165, 1.54) is 19.3 Å². The van der Waals surface area contributed by atoms with Gasteiger partial charge in [0.2, 0.25) is 0 Å². The Bertz CT molecular complexity index is 463. The molecular formula is C13H14BrFN2. The average molecular weight is 297 g/mol. The van der Waals surface area contributed by atoms with E-state index >= 15 is 0 Å². The molecule has 2 nitrogen and oxygen atoms in total. The second kappa shape index (κ2) is 5.05. The molecule has 0 N–H and O–H groups in total. The van der Waals surface area contributed by atoms with Gasteiger partial charge in [0.05, 0.1) is 15.7 Å². The smallest absolute Gasteiger partial charge is 0.161 e. The van der Waals surface area contributed by atoms with E-state index in [4.69, 9.17) is 5.26 Å². The Morgan fingerprint density at radius 3 is 2.76 bits per heavy atom. The number of rotatable bonds is 3. The van der Waals surface area contributed by atoms with Crippen LogP contribution in [-0.2, 0) is 0 Å². The first-order chi connectivity index (χ1) is 8.13. The lowest BCUT2D eigenvalue weighted by molar-refractivity contribution is 0.321. The van der Waals surface area contributed by atoms with E-state index in [1.54, 1.807) is 12.1 Å². The summed E-state index contributed by atoms with van der Waals surface area (Å²) in [6.45, 7) is 0.884. The Morgan fingerprint density at radius 2 is 2.24 bits per heavy atom. The van der Waals surface area contributed by atoms with E-state index in [0.717, 1.165) is 6.54 Å². The fourth-order valence-electron chi connectivity index (χ4n) is 2.08. The minimum Gasteiger partial charge on any atom is -0.372 e. The van der Waals surface area contributed by atoms with Crippen LogP contribution in [-0.4, -0.2) is 13.6 Å². The first-order valence-corrected chi connectivity index (χ1v) is 6.52. The maximum absolute atomic E-state index is 14.0. The Labute approximate surface area is 109 Å². The van der Waals surface area contributed by atoms with E-state index in [-0.39, 0.29) is 10.3 Å². The van der Waals surface area contributed by atoms with Gasteiger partial charge in [-0.2, -0.15) is 5.26 Å².